The summed E-state index contributed by atoms with van der Waals surface area (Å²) in [5.41, 5.74) is 0.534. The largest absolute Gasteiger partial charge is 0.497 e. The van der Waals surface area contributed by atoms with Gasteiger partial charge in [-0.2, -0.15) is 4.31 Å². The Morgan fingerprint density at radius 2 is 1.74 bits per heavy atom. The number of benzene rings is 2. The van der Waals surface area contributed by atoms with Crippen LogP contribution in [0.5, 0.6) is 5.75 Å². The molecule has 166 valence electrons. The maximum Gasteiger partial charge on any atom is 0.313 e. The number of piperidine rings is 1. The Morgan fingerprint density at radius 1 is 1.03 bits per heavy atom. The van der Waals surface area contributed by atoms with Crippen molar-refractivity contribution < 1.29 is 22.7 Å². The Balaban J connectivity index is 1.58. The zero-order chi connectivity index (χ0) is 22.3. The van der Waals surface area contributed by atoms with Gasteiger partial charge in [-0.15, -0.1) is 0 Å². The molecule has 8 nitrogen and oxygen atoms in total. The van der Waals surface area contributed by atoms with Gasteiger partial charge in [0.25, 0.3) is 0 Å². The lowest BCUT2D eigenvalue weighted by molar-refractivity contribution is -0.136. The Morgan fingerprint density at radius 3 is 2.42 bits per heavy atom. The normalized spacial score (nSPS) is 17.0. The minimum absolute atomic E-state index is 0.209. The highest BCUT2D eigenvalue weighted by molar-refractivity contribution is 7.89. The van der Waals surface area contributed by atoms with Crippen LogP contribution in [-0.2, 0) is 19.6 Å². The lowest BCUT2D eigenvalue weighted by Crippen LogP contribution is -2.45. The highest BCUT2D eigenvalue weighted by Gasteiger charge is 2.33. The number of carbonyl (C=O) groups excluding carboxylic acids is 2. The van der Waals surface area contributed by atoms with Gasteiger partial charge in [-0.1, -0.05) is 24.6 Å². The fourth-order valence-electron chi connectivity index (χ4n) is 3.60. The molecule has 1 atom stereocenters. The Labute approximate surface area is 182 Å². The van der Waals surface area contributed by atoms with Crippen LogP contribution in [0.4, 0.5) is 5.69 Å². The van der Waals surface area contributed by atoms with E-state index in [0.717, 1.165) is 12.8 Å². The van der Waals surface area contributed by atoms with Crippen molar-refractivity contribution in [3.63, 3.8) is 0 Å². The van der Waals surface area contributed by atoms with Crippen LogP contribution in [-0.4, -0.2) is 50.8 Å². The van der Waals surface area contributed by atoms with Gasteiger partial charge in [0.1, 0.15) is 5.75 Å². The number of methoxy groups -OCH3 is 1. The second-order valence-corrected chi connectivity index (χ2v) is 9.20. The second-order valence-electron chi connectivity index (χ2n) is 7.31. The maximum absolute atomic E-state index is 13.1. The van der Waals surface area contributed by atoms with Crippen molar-refractivity contribution in [3.8, 4) is 5.75 Å². The van der Waals surface area contributed by atoms with Crippen molar-refractivity contribution in [2.45, 2.75) is 36.6 Å². The van der Waals surface area contributed by atoms with Gasteiger partial charge < -0.3 is 15.4 Å². The molecule has 2 aromatic carbocycles. The number of hydrogen-bond donors (Lipinski definition) is 2. The molecule has 0 aromatic heterocycles. The molecule has 0 radical (unpaired) electrons. The van der Waals surface area contributed by atoms with E-state index in [4.69, 9.17) is 4.74 Å². The van der Waals surface area contributed by atoms with Gasteiger partial charge >= 0.3 is 11.8 Å². The van der Waals surface area contributed by atoms with E-state index in [1.54, 1.807) is 36.4 Å². The molecule has 0 spiro atoms. The van der Waals surface area contributed by atoms with Gasteiger partial charge in [0.05, 0.1) is 12.0 Å². The number of nitrogens with one attached hydrogen (secondary N) is 2. The van der Waals surface area contributed by atoms with E-state index < -0.39 is 21.8 Å². The van der Waals surface area contributed by atoms with Crippen LogP contribution in [0.1, 0.15) is 25.7 Å². The van der Waals surface area contributed by atoms with Crippen LogP contribution in [0.2, 0.25) is 0 Å². The fourth-order valence-corrected chi connectivity index (χ4v) is 5.33. The van der Waals surface area contributed by atoms with Gasteiger partial charge in [-0.25, -0.2) is 8.42 Å². The SMILES string of the molecule is COc1ccc(S(=O)(=O)N2CCCCC2CCNC(=O)C(=O)Nc2ccccc2)cc1. The first-order chi connectivity index (χ1) is 14.9. The minimum atomic E-state index is -3.66. The lowest BCUT2D eigenvalue weighted by atomic mass is 10.0. The summed E-state index contributed by atoms with van der Waals surface area (Å²) in [6, 6.07) is 14.8. The van der Waals surface area contributed by atoms with Crippen LogP contribution in [0.3, 0.4) is 0 Å². The zero-order valence-electron chi connectivity index (χ0n) is 17.4. The summed E-state index contributed by atoms with van der Waals surface area (Å²) in [6.45, 7) is 0.641. The number of nitrogens with zero attached hydrogens (tertiary/aromatic N) is 1. The summed E-state index contributed by atoms with van der Waals surface area (Å²) in [4.78, 5) is 24.3. The maximum atomic E-state index is 13.1. The first kappa shape index (κ1) is 22.8. The Kier molecular flexibility index (Phi) is 7.64. The molecule has 1 aliphatic rings. The smallest absolute Gasteiger partial charge is 0.313 e. The third-order valence-electron chi connectivity index (χ3n) is 5.24. The molecule has 1 fully saturated rings. The monoisotopic (exact) mass is 445 g/mol. The molecule has 1 saturated heterocycles. The first-order valence-electron chi connectivity index (χ1n) is 10.2. The highest BCUT2D eigenvalue weighted by atomic mass is 32.2. The topological polar surface area (TPSA) is 105 Å². The molecule has 3 rings (SSSR count). The Hall–Kier alpha value is -2.91. The number of anilines is 1. The molecule has 9 heteroatoms. The van der Waals surface area contributed by atoms with Crippen LogP contribution in [0.25, 0.3) is 0 Å². The van der Waals surface area contributed by atoms with Crippen LogP contribution < -0.4 is 15.4 Å². The minimum Gasteiger partial charge on any atom is -0.497 e. The van der Waals surface area contributed by atoms with E-state index in [9.17, 15) is 18.0 Å². The third kappa shape index (κ3) is 5.83. The fraction of sp³-hybridized carbons (Fsp3) is 0.364. The molecule has 2 N–H and O–H groups in total. The molecule has 0 aliphatic carbocycles. The van der Waals surface area contributed by atoms with Crippen LogP contribution in [0.15, 0.2) is 59.5 Å². The molecule has 1 aliphatic heterocycles. The quantitative estimate of drug-likeness (QED) is 0.637. The number of hydrogen-bond acceptors (Lipinski definition) is 5. The summed E-state index contributed by atoms with van der Waals surface area (Å²) in [7, 11) is -2.13. The highest BCUT2D eigenvalue weighted by Crippen LogP contribution is 2.27. The molecule has 0 bridgehead atoms. The average Bonchev–Trinajstić information content (AvgIpc) is 2.80. The van der Waals surface area contributed by atoms with Crippen molar-refractivity contribution in [2.75, 3.05) is 25.5 Å². The molecule has 31 heavy (non-hydrogen) atoms. The van der Waals surface area contributed by atoms with Gasteiger partial charge in [0.15, 0.2) is 0 Å². The van der Waals surface area contributed by atoms with E-state index in [1.165, 1.54) is 23.5 Å². The number of amides is 2. The van der Waals surface area contributed by atoms with Crippen LogP contribution in [0, 0.1) is 0 Å². The van der Waals surface area contributed by atoms with E-state index in [-0.39, 0.29) is 17.5 Å². The lowest BCUT2D eigenvalue weighted by Gasteiger charge is -2.34. The van der Waals surface area contributed by atoms with Crippen molar-refractivity contribution in [1.82, 2.24) is 9.62 Å². The van der Waals surface area contributed by atoms with Crippen molar-refractivity contribution in [3.05, 3.63) is 54.6 Å². The summed E-state index contributed by atoms with van der Waals surface area (Å²) in [5.74, 6) is -0.910. The average molecular weight is 446 g/mol. The number of ether oxygens (including phenoxy) is 1. The third-order valence-corrected chi connectivity index (χ3v) is 7.21. The Bertz CT molecular complexity index is 994. The molecular formula is C22H27N3O5S. The van der Waals surface area contributed by atoms with Crippen molar-refractivity contribution in [1.29, 1.82) is 0 Å². The molecular weight excluding hydrogens is 418 g/mol. The molecule has 0 saturated carbocycles. The molecule has 2 amide bonds. The number of rotatable bonds is 7. The summed E-state index contributed by atoms with van der Waals surface area (Å²) in [6.07, 6.45) is 2.85. The number of para-hydroxylation sites is 1. The van der Waals surface area contributed by atoms with Gasteiger partial charge in [-0.05, 0) is 55.7 Å². The molecule has 2 aromatic rings. The van der Waals surface area contributed by atoms with Gasteiger partial charge in [0.2, 0.25) is 10.0 Å². The first-order valence-corrected chi connectivity index (χ1v) is 11.7. The molecule has 1 heterocycles. The van der Waals surface area contributed by atoms with Crippen LogP contribution >= 0.6 is 0 Å². The summed E-state index contributed by atoms with van der Waals surface area (Å²) in [5, 5.41) is 5.11. The summed E-state index contributed by atoms with van der Waals surface area (Å²) >= 11 is 0. The zero-order valence-corrected chi connectivity index (χ0v) is 18.2. The van der Waals surface area contributed by atoms with E-state index in [1.807, 2.05) is 6.07 Å². The van der Waals surface area contributed by atoms with Crippen molar-refractivity contribution >= 4 is 27.5 Å². The predicted molar refractivity (Wildman–Crippen MR) is 117 cm³/mol. The summed E-state index contributed by atoms with van der Waals surface area (Å²) < 4.78 is 32.9. The van der Waals surface area contributed by atoms with E-state index in [2.05, 4.69) is 10.6 Å². The van der Waals surface area contributed by atoms with Gasteiger partial charge in [-0.3, -0.25) is 9.59 Å². The number of sulfonamides is 1. The predicted octanol–water partition coefficient (Wildman–Crippen LogP) is 2.38. The number of carbonyl (C=O) groups is 2. The van der Waals surface area contributed by atoms with E-state index >= 15 is 0 Å². The standard InChI is InChI=1S/C22H27N3O5S/c1-30-19-10-12-20(13-11-19)31(28,29)25-16-6-5-9-18(25)14-15-23-21(26)22(27)24-17-7-3-2-4-8-17/h2-4,7-8,10-13,18H,5-6,9,14-16H2,1H3,(H,23,26)(H,24,27). The van der Waals surface area contributed by atoms with Gasteiger partial charge in [0, 0.05) is 24.8 Å². The molecule has 1 unspecified atom stereocenters. The van der Waals surface area contributed by atoms with Crippen molar-refractivity contribution in [2.24, 2.45) is 0 Å². The van der Waals surface area contributed by atoms with E-state index in [0.29, 0.717) is 30.8 Å². The second kappa shape index (κ2) is 10.4.